The summed E-state index contributed by atoms with van der Waals surface area (Å²) in [6.45, 7) is 4.53. The fourth-order valence-corrected chi connectivity index (χ4v) is 8.82. The van der Waals surface area contributed by atoms with Crippen LogP contribution in [-0.4, -0.2) is 27.9 Å². The molecule has 0 saturated heterocycles. The van der Waals surface area contributed by atoms with Crippen molar-refractivity contribution in [2.75, 3.05) is 0 Å². The van der Waals surface area contributed by atoms with Crippen LogP contribution < -0.4 is 8.37 Å². The van der Waals surface area contributed by atoms with Crippen LogP contribution in [0.15, 0.2) is 66.4 Å². The van der Waals surface area contributed by atoms with Gasteiger partial charge in [0.25, 0.3) is 0 Å². The molecule has 4 aromatic carbocycles. The van der Waals surface area contributed by atoms with E-state index in [0.29, 0.717) is 0 Å². The van der Waals surface area contributed by atoms with Crippen LogP contribution in [0.25, 0.3) is 21.5 Å². The van der Waals surface area contributed by atoms with Crippen LogP contribution in [0, 0.1) is 83.9 Å². The van der Waals surface area contributed by atoms with Crippen molar-refractivity contribution >= 4 is 106 Å². The molecule has 0 aliphatic carbocycles. The van der Waals surface area contributed by atoms with Gasteiger partial charge < -0.3 is 8.37 Å². The van der Waals surface area contributed by atoms with Crippen molar-refractivity contribution in [2.24, 2.45) is 0 Å². The molecule has 0 aliphatic heterocycles. The zero-order valence-electron chi connectivity index (χ0n) is 37.7. The van der Waals surface area contributed by atoms with Gasteiger partial charge in [-0.15, -0.1) is 12.8 Å². The first kappa shape index (κ1) is 61.4. The third kappa shape index (κ3) is 20.2. The van der Waals surface area contributed by atoms with Gasteiger partial charge in [0.1, 0.15) is 0 Å². The molecule has 0 aliphatic rings. The highest BCUT2D eigenvalue weighted by Crippen LogP contribution is 2.44. The van der Waals surface area contributed by atoms with Gasteiger partial charge in [-0.3, -0.25) is 0 Å². The van der Waals surface area contributed by atoms with E-state index in [1.165, 1.54) is 87.8 Å². The highest BCUT2D eigenvalue weighted by Gasteiger charge is 2.50. The van der Waals surface area contributed by atoms with Crippen LogP contribution in [0.1, 0.15) is 126 Å². The zero-order valence-corrected chi connectivity index (χ0v) is 45.7. The Morgan fingerprint density at radius 2 is 0.771 bits per heavy atom. The number of terminal acetylenes is 2. The topological polar surface area (TPSA) is 86.7 Å². The first-order valence-electron chi connectivity index (χ1n) is 21.3. The van der Waals surface area contributed by atoms with Gasteiger partial charge in [0, 0.05) is 55.1 Å². The molecule has 386 valence electrons. The largest absolute Gasteiger partial charge is 0.534 e. The average Bonchev–Trinajstić information content (AvgIpc) is 3.29. The lowest BCUT2D eigenvalue weighted by molar-refractivity contribution is -0.0505. The van der Waals surface area contributed by atoms with Crippen molar-refractivity contribution in [3.05, 3.63) is 77.5 Å². The Morgan fingerprint density at radius 1 is 0.471 bits per heavy atom. The van der Waals surface area contributed by atoms with E-state index in [1.54, 1.807) is 0 Å². The van der Waals surface area contributed by atoms with Gasteiger partial charge in [-0.05, 0) is 171 Å². The lowest BCUT2D eigenvalue weighted by Gasteiger charge is -2.16. The molecule has 0 fully saturated rings. The van der Waals surface area contributed by atoms with E-state index in [9.17, 15) is 43.2 Å². The first-order chi connectivity index (χ1) is 33.1. The van der Waals surface area contributed by atoms with Gasteiger partial charge in [0.15, 0.2) is 11.5 Å². The normalized spacial score (nSPS) is 10.7. The maximum absolute atomic E-state index is 12.6. The Hall–Kier alpha value is -4.68. The highest BCUT2D eigenvalue weighted by atomic mass is 79.9. The summed E-state index contributed by atoms with van der Waals surface area (Å²) in [4.78, 5) is 0. The molecular formula is C52H60Br4F6O6S2. The molecule has 0 unspecified atom stereocenters. The van der Waals surface area contributed by atoms with Gasteiger partial charge >= 0.3 is 31.3 Å². The average molecular weight is 1280 g/mol. The molecule has 4 rings (SSSR count). The summed E-state index contributed by atoms with van der Waals surface area (Å²) in [5.41, 5.74) is -9.41. The summed E-state index contributed by atoms with van der Waals surface area (Å²) in [5, 5.41) is 1.42. The lowest BCUT2D eigenvalue weighted by Crippen LogP contribution is -2.28. The quantitative estimate of drug-likeness (QED) is 0.0365. The molecule has 0 saturated carbocycles. The summed E-state index contributed by atoms with van der Waals surface area (Å²) in [5.74, 6) is 30.2. The van der Waals surface area contributed by atoms with Crippen molar-refractivity contribution < 1.29 is 63.0 Å². The molecule has 0 spiro atoms. The number of benzene rings is 4. The predicted molar refractivity (Wildman–Crippen MR) is 298 cm³/mol. The number of rotatable bonds is 16. The van der Waals surface area contributed by atoms with Gasteiger partial charge in [-0.25, -0.2) is 0 Å². The van der Waals surface area contributed by atoms with E-state index < -0.39 is 53.5 Å². The van der Waals surface area contributed by atoms with Crippen LogP contribution in [0.5, 0.6) is 11.5 Å². The van der Waals surface area contributed by atoms with Crippen molar-refractivity contribution in [3.63, 3.8) is 0 Å². The predicted octanol–water partition coefficient (Wildman–Crippen LogP) is 17.6. The maximum Gasteiger partial charge on any atom is 0.534 e. The van der Waals surface area contributed by atoms with Crippen LogP contribution in [-0.2, 0) is 20.2 Å². The fraction of sp³-hybridized carbons (Fsp3) is 0.346. The number of halogens is 10. The summed E-state index contributed by atoms with van der Waals surface area (Å²) in [6, 6.07) is 12.4. The second-order valence-corrected chi connectivity index (χ2v) is 20.9. The highest BCUT2D eigenvalue weighted by molar-refractivity contribution is 9.11. The number of hydrogen-bond acceptors (Lipinski definition) is 6. The second kappa shape index (κ2) is 30.9. The van der Waals surface area contributed by atoms with Crippen molar-refractivity contribution in [2.45, 2.75) is 115 Å². The van der Waals surface area contributed by atoms with E-state index in [0.717, 1.165) is 57.2 Å². The maximum atomic E-state index is 12.6. The van der Waals surface area contributed by atoms with Crippen LogP contribution in [0.4, 0.5) is 26.3 Å². The minimum Gasteiger partial charge on any atom is -0.374 e. The van der Waals surface area contributed by atoms with Crippen molar-refractivity contribution in [1.82, 2.24) is 0 Å². The van der Waals surface area contributed by atoms with E-state index in [1.807, 2.05) is 0 Å². The minimum atomic E-state index is -6.13. The van der Waals surface area contributed by atoms with Gasteiger partial charge in [0.2, 0.25) is 0 Å². The molecule has 18 heteroatoms. The molecule has 4 aromatic rings. The number of alkyl halides is 6. The zero-order chi connectivity index (χ0) is 52.4. The Bertz CT molecular complexity index is 2930. The van der Waals surface area contributed by atoms with Gasteiger partial charge in [-0.1, -0.05) is 114 Å². The standard InChI is InChI=1S/C30H38Br2.C12H4Br2F6O6S2.C10H2.8H2/c1-3-5-7-9-11-13-15-17-19-27-25-21-24-30(32)28(26(25)22-23-29(27)31)20-18-16-14-12-10-8-6-4-2;13-7-3-1-5-6(10(7)26-28(23,24)12(18,19)20)2-4-8(14)9(5)25-27(21,22)11(15,16)17;1-3-5-7-9-10-8-6-4-2;;;;;;;;/h21-24H,3-16H2,1-2H3;1-4H;1-2H;8*1H. The summed E-state index contributed by atoms with van der Waals surface area (Å²) in [6.07, 6.45) is 27.2. The molecule has 0 amide bonds. The molecule has 70 heavy (non-hydrogen) atoms. The van der Waals surface area contributed by atoms with E-state index in [-0.39, 0.29) is 20.4 Å². The Morgan fingerprint density at radius 3 is 1.10 bits per heavy atom. The molecule has 0 N–H and O–H groups in total. The fourth-order valence-electron chi connectivity index (χ4n) is 5.87. The third-order valence-electron chi connectivity index (χ3n) is 9.25. The van der Waals surface area contributed by atoms with E-state index in [2.05, 4.69) is 181 Å². The Kier molecular flexibility index (Phi) is 27.1. The number of hydrogen-bond donors (Lipinski definition) is 0. The monoisotopic (exact) mass is 1270 g/mol. The SMILES string of the molecule is C#CC#CC#CC#CC#C.CCCCCCCCC#Cc1c(Br)ccc2c(C#CCCCCCCCC)c(Br)ccc12.O=S(=O)(Oc1c(Br)ccc2c(OS(=O)(=O)C(F)(F)F)c(Br)ccc12)C(F)(F)F.[HH].[HH].[HH].[HH].[HH].[HH].[HH].[HH]. The molecule has 0 aromatic heterocycles. The summed E-state index contributed by atoms with van der Waals surface area (Å²) in [7, 11) is -12.3. The van der Waals surface area contributed by atoms with Gasteiger partial charge in [0.05, 0.1) is 8.95 Å². The molecule has 0 heterocycles. The molecule has 0 bridgehead atoms. The lowest BCUT2D eigenvalue weighted by atomic mass is 10.00. The van der Waals surface area contributed by atoms with Crippen LogP contribution in [0.3, 0.4) is 0 Å². The number of unbranched alkanes of at least 4 members (excludes halogenated alkanes) is 12. The smallest absolute Gasteiger partial charge is 0.374 e. The Labute approximate surface area is 453 Å². The minimum absolute atomic E-state index is 0. The molecule has 6 nitrogen and oxygen atoms in total. The van der Waals surface area contributed by atoms with E-state index in [4.69, 9.17) is 12.8 Å². The Balaban J connectivity index is -0.000000203. The summed E-state index contributed by atoms with van der Waals surface area (Å²) >= 11 is 13.0. The van der Waals surface area contributed by atoms with Crippen LogP contribution >= 0.6 is 63.7 Å². The van der Waals surface area contributed by atoms with Crippen LogP contribution in [0.2, 0.25) is 0 Å². The van der Waals surface area contributed by atoms with E-state index >= 15 is 0 Å². The second-order valence-electron chi connectivity index (χ2n) is 14.4. The molecular weight excluding hydrogens is 1220 g/mol. The number of fused-ring (bicyclic) bond motifs is 2. The van der Waals surface area contributed by atoms with Crippen molar-refractivity contribution in [1.29, 1.82) is 0 Å². The third-order valence-corrected chi connectivity index (χ3v) is 13.7. The summed E-state index contributed by atoms with van der Waals surface area (Å²) < 4.78 is 130. The molecule has 0 radical (unpaired) electrons. The van der Waals surface area contributed by atoms with Gasteiger partial charge in [-0.2, -0.15) is 43.2 Å². The van der Waals surface area contributed by atoms with Crippen molar-refractivity contribution in [3.8, 4) is 95.4 Å². The molecule has 0 atom stereocenters. The first-order valence-corrected chi connectivity index (χ1v) is 27.3.